The monoisotopic (exact) mass is 458 g/mol. The molecule has 164 valence electrons. The van der Waals surface area contributed by atoms with Crippen LogP contribution in [0.1, 0.15) is 6.92 Å². The molecule has 0 N–H and O–H groups in total. The molecule has 8 nitrogen and oxygen atoms in total. The number of rotatable bonds is 0. The number of aliphatic carboxylic acids is 1. The van der Waals surface area contributed by atoms with Crippen LogP contribution in [0.5, 0.6) is 23.0 Å². The molecule has 2 aromatic rings. The Morgan fingerprint density at radius 1 is 0.613 bits per heavy atom. The van der Waals surface area contributed by atoms with Gasteiger partial charge in [-0.05, 0) is 31.2 Å². The molecule has 0 aliphatic carbocycles. The van der Waals surface area contributed by atoms with E-state index in [0.29, 0.717) is 75.9 Å². The number of hydrogen-bond donors (Lipinski definition) is 0. The summed E-state index contributed by atoms with van der Waals surface area (Å²) in [4.78, 5) is 8.89. The summed E-state index contributed by atoms with van der Waals surface area (Å²) in [5.74, 6) is 1.72. The van der Waals surface area contributed by atoms with Gasteiger partial charge in [0.05, 0.1) is 26.4 Å². The van der Waals surface area contributed by atoms with E-state index in [0.717, 1.165) is 6.92 Å². The Kier molecular flexibility index (Phi) is 15.4. The first-order valence-corrected chi connectivity index (χ1v) is 9.69. The van der Waals surface area contributed by atoms with Crippen molar-refractivity contribution in [2.75, 3.05) is 52.9 Å². The van der Waals surface area contributed by atoms with Gasteiger partial charge in [0.25, 0.3) is 0 Å². The van der Waals surface area contributed by atoms with Crippen LogP contribution < -0.4 is 75.4 Å². The molecule has 0 amide bonds. The fourth-order valence-corrected chi connectivity index (χ4v) is 2.42. The Morgan fingerprint density at radius 3 is 1.06 bits per heavy atom. The quantitative estimate of drug-likeness (QED) is 0.450. The molecule has 31 heavy (non-hydrogen) atoms. The summed E-state index contributed by atoms with van der Waals surface area (Å²) in [5.41, 5.74) is 0. The fourth-order valence-electron chi connectivity index (χ4n) is 2.42. The smallest absolute Gasteiger partial charge is 0.550 e. The maximum Gasteiger partial charge on any atom is 1.00 e. The molecule has 3 rings (SSSR count). The van der Waals surface area contributed by atoms with Crippen LogP contribution in [-0.2, 0) is 14.3 Å². The van der Waals surface area contributed by atoms with E-state index in [-0.39, 0.29) is 51.4 Å². The standard InChI is InChI=1S/C20H24O6.C2H4O2.K/c1-2-6-18-17(5-1)23-13-9-21-11-15-25-19-7-3-4-8-20(19)26-16-12-22-10-14-24-18;1-2(3)4;/h1-8H,9-16H2;1H3,(H,3,4);/q;;+1/p-1. The number of para-hydroxylation sites is 4. The van der Waals surface area contributed by atoms with Crippen molar-refractivity contribution < 1.29 is 89.7 Å². The number of fused-ring (bicyclic) bond motifs is 2. The third kappa shape index (κ3) is 12.3. The number of carboxylic acid groups (broad SMARTS) is 1. The third-order valence-corrected chi connectivity index (χ3v) is 3.64. The molecule has 0 spiro atoms. The van der Waals surface area contributed by atoms with Crippen LogP contribution in [0.25, 0.3) is 0 Å². The molecule has 1 aliphatic heterocycles. The maximum absolute atomic E-state index is 8.89. The first-order chi connectivity index (χ1) is 14.7. The molecule has 0 aromatic heterocycles. The van der Waals surface area contributed by atoms with Crippen molar-refractivity contribution >= 4 is 5.97 Å². The van der Waals surface area contributed by atoms with E-state index in [1.54, 1.807) is 0 Å². The van der Waals surface area contributed by atoms with E-state index < -0.39 is 5.97 Å². The Hall–Kier alpha value is -1.33. The number of hydrogen-bond acceptors (Lipinski definition) is 8. The second-order valence-corrected chi connectivity index (χ2v) is 6.00. The van der Waals surface area contributed by atoms with Crippen LogP contribution >= 0.6 is 0 Å². The van der Waals surface area contributed by atoms with Crippen LogP contribution in [0.2, 0.25) is 0 Å². The maximum atomic E-state index is 8.89. The van der Waals surface area contributed by atoms with E-state index in [2.05, 4.69) is 0 Å². The first kappa shape index (κ1) is 27.7. The Morgan fingerprint density at radius 2 is 0.839 bits per heavy atom. The summed E-state index contributed by atoms with van der Waals surface area (Å²) in [6, 6.07) is 15.2. The first-order valence-electron chi connectivity index (χ1n) is 9.69. The molecule has 0 fully saturated rings. The molecular formula is C22H27KO8. The van der Waals surface area contributed by atoms with E-state index in [9.17, 15) is 0 Å². The normalized spacial score (nSPS) is 15.0. The van der Waals surface area contributed by atoms with Crippen LogP contribution in [0.4, 0.5) is 0 Å². The summed E-state index contributed by atoms with van der Waals surface area (Å²) in [7, 11) is 0. The van der Waals surface area contributed by atoms with Gasteiger partial charge in [-0.3, -0.25) is 0 Å². The van der Waals surface area contributed by atoms with Crippen LogP contribution in [0.3, 0.4) is 0 Å². The molecule has 0 saturated heterocycles. The Balaban J connectivity index is 0.000000885. The molecule has 1 aliphatic rings. The average Bonchev–Trinajstić information content (AvgIpc) is 2.73. The minimum absolute atomic E-state index is 0. The van der Waals surface area contributed by atoms with Crippen molar-refractivity contribution in [1.82, 2.24) is 0 Å². The molecule has 1 heterocycles. The minimum atomic E-state index is -1.08. The summed E-state index contributed by atoms with van der Waals surface area (Å²) < 4.78 is 34.1. The summed E-state index contributed by atoms with van der Waals surface area (Å²) in [5, 5.41) is 8.89. The summed E-state index contributed by atoms with van der Waals surface area (Å²) in [6.45, 7) is 4.62. The van der Waals surface area contributed by atoms with Crippen LogP contribution in [0.15, 0.2) is 48.5 Å². The number of carboxylic acids is 1. The van der Waals surface area contributed by atoms with Crippen molar-refractivity contribution in [2.45, 2.75) is 6.92 Å². The number of benzene rings is 2. The molecule has 9 heteroatoms. The Bertz CT molecular complexity index is 640. The van der Waals surface area contributed by atoms with Gasteiger partial charge in [-0.25, -0.2) is 0 Å². The van der Waals surface area contributed by atoms with Gasteiger partial charge >= 0.3 is 51.4 Å². The number of carbonyl (C=O) groups excluding carboxylic acids is 1. The van der Waals surface area contributed by atoms with Crippen molar-refractivity contribution in [3.63, 3.8) is 0 Å². The van der Waals surface area contributed by atoms with Gasteiger partial charge in [0.15, 0.2) is 23.0 Å². The van der Waals surface area contributed by atoms with Crippen molar-refractivity contribution in [3.05, 3.63) is 48.5 Å². The molecule has 2 aromatic carbocycles. The third-order valence-electron chi connectivity index (χ3n) is 3.64. The molecule has 0 atom stereocenters. The van der Waals surface area contributed by atoms with E-state index in [1.807, 2.05) is 48.5 Å². The van der Waals surface area contributed by atoms with Gasteiger partial charge in [-0.15, -0.1) is 0 Å². The van der Waals surface area contributed by atoms with E-state index in [4.69, 9.17) is 38.3 Å². The number of carbonyl (C=O) groups is 1. The molecule has 0 saturated carbocycles. The van der Waals surface area contributed by atoms with Crippen LogP contribution in [0, 0.1) is 0 Å². The molecule has 0 radical (unpaired) electrons. The van der Waals surface area contributed by atoms with Gasteiger partial charge in [-0.2, -0.15) is 0 Å². The van der Waals surface area contributed by atoms with Gasteiger partial charge in [0.1, 0.15) is 26.4 Å². The summed E-state index contributed by atoms with van der Waals surface area (Å²) >= 11 is 0. The van der Waals surface area contributed by atoms with Crippen molar-refractivity contribution in [1.29, 1.82) is 0 Å². The van der Waals surface area contributed by atoms with E-state index in [1.165, 1.54) is 0 Å². The Labute approximate surface area is 225 Å². The van der Waals surface area contributed by atoms with Crippen molar-refractivity contribution in [2.24, 2.45) is 0 Å². The van der Waals surface area contributed by atoms with Gasteiger partial charge in [-0.1, -0.05) is 24.3 Å². The average molecular weight is 459 g/mol. The topological polar surface area (TPSA) is 95.5 Å². The molecular weight excluding hydrogens is 431 g/mol. The van der Waals surface area contributed by atoms with Crippen LogP contribution in [-0.4, -0.2) is 58.8 Å². The fraction of sp³-hybridized carbons (Fsp3) is 0.409. The largest absolute Gasteiger partial charge is 1.00 e. The zero-order valence-corrected chi connectivity index (χ0v) is 21.2. The van der Waals surface area contributed by atoms with Gasteiger partial charge in [0, 0.05) is 5.97 Å². The predicted molar refractivity (Wildman–Crippen MR) is 107 cm³/mol. The predicted octanol–water partition coefficient (Wildman–Crippen LogP) is -1.29. The van der Waals surface area contributed by atoms with Crippen molar-refractivity contribution in [3.8, 4) is 23.0 Å². The zero-order chi connectivity index (χ0) is 21.4. The second kappa shape index (κ2) is 17.2. The summed E-state index contributed by atoms with van der Waals surface area (Å²) in [6.07, 6.45) is 0. The SMILES string of the molecule is CC(=O)[O-].[K+].c1ccc2c(c1)OCCOCCOc1ccccc1OCCOCCO2. The molecule has 0 unspecified atom stereocenters. The molecule has 0 bridgehead atoms. The van der Waals surface area contributed by atoms with Gasteiger partial charge < -0.3 is 38.3 Å². The minimum Gasteiger partial charge on any atom is -0.550 e. The van der Waals surface area contributed by atoms with E-state index >= 15 is 0 Å². The second-order valence-electron chi connectivity index (χ2n) is 6.00. The zero-order valence-electron chi connectivity index (χ0n) is 18.0. The van der Waals surface area contributed by atoms with Gasteiger partial charge in [0.2, 0.25) is 0 Å². The number of ether oxygens (including phenoxy) is 6.